The lowest BCUT2D eigenvalue weighted by atomic mass is 10.0. The van der Waals surface area contributed by atoms with Crippen molar-refractivity contribution < 1.29 is 9.90 Å². The van der Waals surface area contributed by atoms with Crippen molar-refractivity contribution in [2.45, 2.75) is 19.3 Å². The zero-order valence-electron chi connectivity index (χ0n) is 9.91. The van der Waals surface area contributed by atoms with Crippen LogP contribution in [0, 0.1) is 0 Å². The summed E-state index contributed by atoms with van der Waals surface area (Å²) in [5.41, 5.74) is 3.08. The normalized spacial score (nSPS) is 10.2. The van der Waals surface area contributed by atoms with E-state index in [9.17, 15) is 4.79 Å². The molecule has 0 unspecified atom stereocenters. The zero-order chi connectivity index (χ0) is 12.8. The summed E-state index contributed by atoms with van der Waals surface area (Å²) < 4.78 is 0. The Labute approximate surface area is 105 Å². The monoisotopic (exact) mass is 242 g/mol. The van der Waals surface area contributed by atoms with Crippen LogP contribution in [0.25, 0.3) is 11.1 Å². The molecule has 0 aliphatic heterocycles. The number of aldehydes is 1. The molecule has 4 nitrogen and oxygen atoms in total. The molecule has 2 aromatic rings. The highest BCUT2D eigenvalue weighted by Crippen LogP contribution is 2.19. The lowest BCUT2D eigenvalue weighted by Gasteiger charge is -2.03. The Morgan fingerprint density at radius 1 is 1.06 bits per heavy atom. The molecule has 0 fully saturated rings. The molecule has 0 atom stereocenters. The molecule has 92 valence electrons. The molecule has 18 heavy (non-hydrogen) atoms. The maximum Gasteiger partial charge on any atom is 0.313 e. The van der Waals surface area contributed by atoms with E-state index < -0.39 is 0 Å². The topological polar surface area (TPSA) is 63.1 Å². The van der Waals surface area contributed by atoms with Crippen LogP contribution in [0.4, 0.5) is 0 Å². The fourth-order valence-electron chi connectivity index (χ4n) is 1.72. The van der Waals surface area contributed by atoms with Gasteiger partial charge in [0.25, 0.3) is 0 Å². The molecular formula is C14H14N2O2. The van der Waals surface area contributed by atoms with Gasteiger partial charge in [-0.15, -0.1) is 0 Å². The molecule has 1 aromatic heterocycles. The third kappa shape index (κ3) is 3.13. The number of hydrogen-bond donors (Lipinski definition) is 1. The van der Waals surface area contributed by atoms with E-state index in [1.165, 1.54) is 5.56 Å². The Morgan fingerprint density at radius 2 is 1.72 bits per heavy atom. The van der Waals surface area contributed by atoms with E-state index >= 15 is 0 Å². The van der Waals surface area contributed by atoms with Crippen LogP contribution in [0.3, 0.4) is 0 Å². The lowest BCUT2D eigenvalue weighted by Crippen LogP contribution is -1.88. The van der Waals surface area contributed by atoms with Gasteiger partial charge >= 0.3 is 6.01 Å². The molecule has 0 saturated carbocycles. The Morgan fingerprint density at radius 3 is 2.33 bits per heavy atom. The van der Waals surface area contributed by atoms with Gasteiger partial charge in [-0.25, -0.2) is 9.97 Å². The lowest BCUT2D eigenvalue weighted by molar-refractivity contribution is -0.107. The van der Waals surface area contributed by atoms with E-state index in [4.69, 9.17) is 5.11 Å². The smallest absolute Gasteiger partial charge is 0.313 e. The van der Waals surface area contributed by atoms with Gasteiger partial charge in [0.05, 0.1) is 0 Å². The second kappa shape index (κ2) is 5.91. The molecule has 0 radical (unpaired) electrons. The molecule has 2 rings (SSSR count). The number of hydrogen-bond acceptors (Lipinski definition) is 4. The highest BCUT2D eigenvalue weighted by Gasteiger charge is 2.00. The number of carbonyl (C=O) groups is 1. The third-order valence-electron chi connectivity index (χ3n) is 2.71. The first kappa shape index (κ1) is 12.2. The van der Waals surface area contributed by atoms with Crippen molar-refractivity contribution in [2.24, 2.45) is 0 Å². The highest BCUT2D eigenvalue weighted by atomic mass is 16.3. The minimum Gasteiger partial charge on any atom is -0.479 e. The quantitative estimate of drug-likeness (QED) is 0.645. The van der Waals surface area contributed by atoms with Gasteiger partial charge in [0, 0.05) is 24.4 Å². The first-order valence-corrected chi connectivity index (χ1v) is 5.83. The Hall–Kier alpha value is -2.23. The molecule has 1 aromatic carbocycles. The first-order valence-electron chi connectivity index (χ1n) is 5.83. The second-order valence-corrected chi connectivity index (χ2v) is 4.03. The molecule has 1 heterocycles. The molecule has 4 heteroatoms. The van der Waals surface area contributed by atoms with Gasteiger partial charge in [-0.1, -0.05) is 24.3 Å². The fourth-order valence-corrected chi connectivity index (χ4v) is 1.72. The SMILES string of the molecule is O=CCCCc1ccc(-c2cnc(O)nc2)cc1. The summed E-state index contributed by atoms with van der Waals surface area (Å²) in [6.07, 6.45) is 6.51. The predicted octanol–water partition coefficient (Wildman–Crippen LogP) is 2.37. The van der Waals surface area contributed by atoms with Crippen molar-refractivity contribution in [1.82, 2.24) is 9.97 Å². The Bertz CT molecular complexity index is 506. The maximum absolute atomic E-state index is 10.2. The maximum atomic E-state index is 10.2. The van der Waals surface area contributed by atoms with E-state index in [0.717, 1.165) is 30.3 Å². The fraction of sp³-hybridized carbons (Fsp3) is 0.214. The van der Waals surface area contributed by atoms with Gasteiger partial charge < -0.3 is 9.90 Å². The van der Waals surface area contributed by atoms with Gasteiger partial charge in [0.1, 0.15) is 6.29 Å². The van der Waals surface area contributed by atoms with Crippen molar-refractivity contribution in [1.29, 1.82) is 0 Å². The molecule has 0 spiro atoms. The molecule has 0 amide bonds. The van der Waals surface area contributed by atoms with Gasteiger partial charge in [0.15, 0.2) is 0 Å². The predicted molar refractivity (Wildman–Crippen MR) is 68.1 cm³/mol. The van der Waals surface area contributed by atoms with E-state index in [1.807, 2.05) is 24.3 Å². The molecule has 0 bridgehead atoms. The summed E-state index contributed by atoms with van der Waals surface area (Å²) in [6.45, 7) is 0. The number of rotatable bonds is 5. The number of unbranched alkanes of at least 4 members (excludes halogenated alkanes) is 1. The van der Waals surface area contributed by atoms with E-state index in [0.29, 0.717) is 6.42 Å². The van der Waals surface area contributed by atoms with Crippen molar-refractivity contribution in [3.63, 3.8) is 0 Å². The summed E-state index contributed by atoms with van der Waals surface area (Å²) in [6, 6.07) is 7.84. The van der Waals surface area contributed by atoms with Crippen LogP contribution in [-0.2, 0) is 11.2 Å². The summed E-state index contributed by atoms with van der Waals surface area (Å²) in [7, 11) is 0. The van der Waals surface area contributed by atoms with Crippen molar-refractivity contribution >= 4 is 6.29 Å². The molecular weight excluding hydrogens is 228 g/mol. The van der Waals surface area contributed by atoms with Crippen LogP contribution in [0.2, 0.25) is 0 Å². The summed E-state index contributed by atoms with van der Waals surface area (Å²) in [5, 5.41) is 9.02. The van der Waals surface area contributed by atoms with Gasteiger partial charge in [-0.3, -0.25) is 0 Å². The average Bonchev–Trinajstić information content (AvgIpc) is 2.41. The summed E-state index contributed by atoms with van der Waals surface area (Å²) in [4.78, 5) is 17.7. The molecule has 0 saturated heterocycles. The van der Waals surface area contributed by atoms with Crippen molar-refractivity contribution in [3.8, 4) is 17.1 Å². The van der Waals surface area contributed by atoms with Gasteiger partial charge in [0.2, 0.25) is 0 Å². The van der Waals surface area contributed by atoms with Crippen LogP contribution in [0.5, 0.6) is 6.01 Å². The van der Waals surface area contributed by atoms with E-state index in [2.05, 4.69) is 9.97 Å². The zero-order valence-corrected chi connectivity index (χ0v) is 9.91. The van der Waals surface area contributed by atoms with Crippen molar-refractivity contribution in [2.75, 3.05) is 0 Å². The largest absolute Gasteiger partial charge is 0.479 e. The number of aryl methyl sites for hydroxylation is 1. The summed E-state index contributed by atoms with van der Waals surface area (Å²) >= 11 is 0. The number of aromatic hydroxyl groups is 1. The number of nitrogens with zero attached hydrogens (tertiary/aromatic N) is 2. The number of benzene rings is 1. The average molecular weight is 242 g/mol. The van der Waals surface area contributed by atoms with Crippen LogP contribution >= 0.6 is 0 Å². The van der Waals surface area contributed by atoms with E-state index in [1.54, 1.807) is 12.4 Å². The second-order valence-electron chi connectivity index (χ2n) is 4.03. The Balaban J connectivity index is 2.07. The van der Waals surface area contributed by atoms with Crippen LogP contribution in [-0.4, -0.2) is 21.4 Å². The number of aromatic nitrogens is 2. The first-order chi connectivity index (χ1) is 8.79. The summed E-state index contributed by atoms with van der Waals surface area (Å²) in [5.74, 6) is 0. The minimum atomic E-state index is -0.218. The van der Waals surface area contributed by atoms with Crippen molar-refractivity contribution in [3.05, 3.63) is 42.2 Å². The van der Waals surface area contributed by atoms with Crippen LogP contribution < -0.4 is 0 Å². The molecule has 0 aliphatic carbocycles. The van der Waals surface area contributed by atoms with Gasteiger partial charge in [-0.05, 0) is 24.0 Å². The van der Waals surface area contributed by atoms with Gasteiger partial charge in [-0.2, -0.15) is 0 Å². The van der Waals surface area contributed by atoms with Crippen LogP contribution in [0.1, 0.15) is 18.4 Å². The minimum absolute atomic E-state index is 0.218. The van der Waals surface area contributed by atoms with E-state index in [-0.39, 0.29) is 6.01 Å². The molecule has 1 N–H and O–H groups in total. The van der Waals surface area contributed by atoms with Crippen LogP contribution in [0.15, 0.2) is 36.7 Å². The number of carbonyl (C=O) groups excluding carboxylic acids is 1. The third-order valence-corrected chi connectivity index (χ3v) is 2.71. The Kier molecular flexibility index (Phi) is 4.02. The molecule has 0 aliphatic rings. The standard InChI is InChI=1S/C14H14N2O2/c17-8-2-1-3-11-4-6-12(7-5-11)13-9-15-14(18)16-10-13/h4-10H,1-3H2,(H,15,16,18). The highest BCUT2D eigenvalue weighted by molar-refractivity contribution is 5.61.